The molecule has 0 spiro atoms. The summed E-state index contributed by atoms with van der Waals surface area (Å²) in [5.74, 6) is 2.12. The number of hydrogen-bond donors (Lipinski definition) is 0. The Kier molecular flexibility index (Phi) is 2.66. The monoisotopic (exact) mass is 326 g/mol. The van der Waals surface area contributed by atoms with E-state index in [4.69, 9.17) is 0 Å². The molecule has 4 atom stereocenters. The van der Waals surface area contributed by atoms with Gasteiger partial charge in [-0.3, -0.25) is 0 Å². The van der Waals surface area contributed by atoms with Crippen molar-refractivity contribution < 1.29 is 4.57 Å². The Hall–Kier alpha value is -2.15. The van der Waals surface area contributed by atoms with Gasteiger partial charge in [-0.1, -0.05) is 37.3 Å². The molecule has 2 bridgehead atoms. The van der Waals surface area contributed by atoms with E-state index >= 15 is 0 Å². The van der Waals surface area contributed by atoms with Gasteiger partial charge in [0, 0.05) is 17.5 Å². The Bertz CT molecular complexity index is 1030. The van der Waals surface area contributed by atoms with Crippen LogP contribution in [0.3, 0.4) is 0 Å². The van der Waals surface area contributed by atoms with Gasteiger partial charge in [0.05, 0.1) is 10.9 Å². The normalized spacial score (nSPS) is 28.7. The maximum atomic E-state index is 2.68. The van der Waals surface area contributed by atoms with Gasteiger partial charge < -0.3 is 0 Å². The maximum Gasteiger partial charge on any atom is 0.217 e. The van der Waals surface area contributed by atoms with Crippen molar-refractivity contribution in [2.45, 2.75) is 56.9 Å². The van der Waals surface area contributed by atoms with E-state index in [1.54, 1.807) is 16.8 Å². The van der Waals surface area contributed by atoms with Crippen LogP contribution < -0.4 is 4.57 Å². The zero-order chi connectivity index (χ0) is 16.7. The molecule has 1 fully saturated rings. The molecule has 3 aromatic rings. The Morgan fingerprint density at radius 3 is 2.44 bits per heavy atom. The number of hydrogen-bond acceptors (Lipinski definition) is 0. The lowest BCUT2D eigenvalue weighted by Crippen LogP contribution is -2.47. The van der Waals surface area contributed by atoms with E-state index < -0.39 is 0 Å². The smallest absolute Gasteiger partial charge is 0.188 e. The second-order valence-corrected chi connectivity index (χ2v) is 8.39. The molecule has 25 heavy (non-hydrogen) atoms. The van der Waals surface area contributed by atoms with Gasteiger partial charge >= 0.3 is 0 Å². The Labute approximate surface area is 149 Å². The summed E-state index contributed by atoms with van der Waals surface area (Å²) in [4.78, 5) is 0. The topological polar surface area (TPSA) is 3.88 Å². The molecule has 1 aliphatic heterocycles. The molecular weight excluding hydrogens is 302 g/mol. The minimum atomic E-state index is 0.499. The zero-order valence-corrected chi connectivity index (χ0v) is 15.0. The quantitative estimate of drug-likeness (QED) is 0.457. The first-order valence-electron chi connectivity index (χ1n) is 9.85. The third-order valence-corrected chi connectivity index (χ3v) is 7.33. The number of aromatic nitrogens is 1. The molecule has 4 unspecified atom stereocenters. The summed E-state index contributed by atoms with van der Waals surface area (Å²) in [5.41, 5.74) is 9.40. The van der Waals surface area contributed by atoms with Crippen LogP contribution in [0.1, 0.15) is 73.6 Å². The van der Waals surface area contributed by atoms with Crippen molar-refractivity contribution in [1.29, 1.82) is 0 Å². The fourth-order valence-electron chi connectivity index (χ4n) is 6.08. The molecule has 0 saturated heterocycles. The summed E-state index contributed by atoms with van der Waals surface area (Å²) >= 11 is 0. The van der Waals surface area contributed by atoms with E-state index in [1.807, 2.05) is 0 Å². The molecule has 3 aliphatic rings. The van der Waals surface area contributed by atoms with Crippen LogP contribution in [0, 0.1) is 0 Å². The standard InChI is InChI=1S/C24H24N/c1-14-15(2)25-21-10-6-5-9-20(21)22-16-11-12-17(13-16)23(22)24(25)19-8-4-3-7-18(14)19/h3-10,14-17H,11-13H2,1-2H3/q+1. The highest BCUT2D eigenvalue weighted by Gasteiger charge is 2.47. The van der Waals surface area contributed by atoms with Crippen molar-refractivity contribution in [3.8, 4) is 11.3 Å². The SMILES string of the molecule is CC1c2ccccc2-c2c3c(c4ccccc4[n+]2C1C)C1CCC3C1. The Morgan fingerprint density at radius 2 is 1.56 bits per heavy atom. The average Bonchev–Trinajstić information content (AvgIpc) is 3.27. The van der Waals surface area contributed by atoms with Gasteiger partial charge in [-0.25, -0.2) is 0 Å². The molecule has 2 aromatic carbocycles. The van der Waals surface area contributed by atoms with E-state index in [0.29, 0.717) is 12.0 Å². The molecule has 2 aliphatic carbocycles. The van der Waals surface area contributed by atoms with Crippen molar-refractivity contribution in [2.75, 3.05) is 0 Å². The summed E-state index contributed by atoms with van der Waals surface area (Å²) in [6.45, 7) is 4.81. The lowest BCUT2D eigenvalue weighted by molar-refractivity contribution is -0.690. The number of para-hydroxylation sites is 1. The number of pyridine rings is 1. The van der Waals surface area contributed by atoms with E-state index in [-0.39, 0.29) is 0 Å². The molecule has 1 heteroatoms. The lowest BCUT2D eigenvalue weighted by Gasteiger charge is -2.30. The van der Waals surface area contributed by atoms with Gasteiger partial charge in [-0.2, -0.15) is 4.57 Å². The van der Waals surface area contributed by atoms with Gasteiger partial charge in [0.2, 0.25) is 11.2 Å². The van der Waals surface area contributed by atoms with Crippen molar-refractivity contribution >= 4 is 10.9 Å². The fraction of sp³-hybridized carbons (Fsp3) is 0.375. The molecule has 6 rings (SSSR count). The van der Waals surface area contributed by atoms with Crippen molar-refractivity contribution in [3.63, 3.8) is 0 Å². The minimum absolute atomic E-state index is 0.499. The second-order valence-electron chi connectivity index (χ2n) is 8.39. The van der Waals surface area contributed by atoms with Crippen LogP contribution in [0.25, 0.3) is 22.2 Å². The summed E-state index contributed by atoms with van der Waals surface area (Å²) < 4.78 is 2.68. The van der Waals surface area contributed by atoms with Crippen LogP contribution in [-0.4, -0.2) is 0 Å². The van der Waals surface area contributed by atoms with Crippen LogP contribution in [0.15, 0.2) is 48.5 Å². The zero-order valence-electron chi connectivity index (χ0n) is 15.0. The predicted molar refractivity (Wildman–Crippen MR) is 102 cm³/mol. The molecule has 0 radical (unpaired) electrons. The van der Waals surface area contributed by atoms with Crippen LogP contribution in [0.4, 0.5) is 0 Å². The molecule has 0 amide bonds. The van der Waals surface area contributed by atoms with E-state index in [2.05, 4.69) is 66.9 Å². The number of nitrogens with zero attached hydrogens (tertiary/aromatic N) is 1. The van der Waals surface area contributed by atoms with Gasteiger partial charge in [0.1, 0.15) is 0 Å². The van der Waals surface area contributed by atoms with Crippen molar-refractivity contribution in [1.82, 2.24) is 0 Å². The van der Waals surface area contributed by atoms with E-state index in [0.717, 1.165) is 11.8 Å². The van der Waals surface area contributed by atoms with Gasteiger partial charge in [0.25, 0.3) is 0 Å². The highest BCUT2D eigenvalue weighted by atomic mass is 15.0. The van der Waals surface area contributed by atoms with Crippen LogP contribution in [-0.2, 0) is 0 Å². The third kappa shape index (κ3) is 1.62. The van der Waals surface area contributed by atoms with Gasteiger partial charge in [0.15, 0.2) is 6.04 Å². The lowest BCUT2D eigenvalue weighted by atomic mass is 9.79. The van der Waals surface area contributed by atoms with E-state index in [1.165, 1.54) is 41.3 Å². The van der Waals surface area contributed by atoms with Crippen LogP contribution in [0.5, 0.6) is 0 Å². The molecule has 1 saturated carbocycles. The summed E-state index contributed by atoms with van der Waals surface area (Å²) in [6.07, 6.45) is 4.15. The summed E-state index contributed by atoms with van der Waals surface area (Å²) in [5, 5.41) is 1.52. The summed E-state index contributed by atoms with van der Waals surface area (Å²) in [7, 11) is 0. The first-order chi connectivity index (χ1) is 12.3. The molecular formula is C24H24N+. The highest BCUT2D eigenvalue weighted by Crippen LogP contribution is 2.58. The second kappa shape index (κ2) is 4.72. The van der Waals surface area contributed by atoms with Crippen LogP contribution >= 0.6 is 0 Å². The predicted octanol–water partition coefficient (Wildman–Crippen LogP) is 5.84. The molecule has 124 valence electrons. The molecule has 1 aromatic heterocycles. The molecule has 2 heterocycles. The number of benzene rings is 2. The molecule has 1 nitrogen and oxygen atoms in total. The third-order valence-electron chi connectivity index (χ3n) is 7.33. The maximum absolute atomic E-state index is 2.68. The first kappa shape index (κ1) is 14.1. The van der Waals surface area contributed by atoms with Gasteiger partial charge in [-0.15, -0.1) is 0 Å². The largest absolute Gasteiger partial charge is 0.217 e. The first-order valence-corrected chi connectivity index (χ1v) is 9.85. The number of fused-ring (bicyclic) bond motifs is 12. The fourth-order valence-corrected chi connectivity index (χ4v) is 6.08. The Balaban J connectivity index is 1.84. The Morgan fingerprint density at radius 1 is 0.840 bits per heavy atom. The van der Waals surface area contributed by atoms with Gasteiger partial charge in [-0.05, 0) is 61.3 Å². The van der Waals surface area contributed by atoms with Crippen LogP contribution in [0.2, 0.25) is 0 Å². The minimum Gasteiger partial charge on any atom is -0.188 e. The van der Waals surface area contributed by atoms with Crippen molar-refractivity contribution in [2.24, 2.45) is 0 Å². The van der Waals surface area contributed by atoms with E-state index in [9.17, 15) is 0 Å². The molecule has 0 N–H and O–H groups in total. The highest BCUT2D eigenvalue weighted by molar-refractivity contribution is 5.87. The number of rotatable bonds is 0. The summed E-state index contributed by atoms with van der Waals surface area (Å²) in [6, 6.07) is 18.8. The van der Waals surface area contributed by atoms with Crippen molar-refractivity contribution in [3.05, 3.63) is 65.2 Å². The average molecular weight is 326 g/mol.